The van der Waals surface area contributed by atoms with Crippen LogP contribution in [0.15, 0.2) is 30.3 Å². The van der Waals surface area contributed by atoms with Crippen molar-refractivity contribution in [2.24, 2.45) is 17.6 Å². The lowest BCUT2D eigenvalue weighted by molar-refractivity contribution is 0.306. The Labute approximate surface area is 100 Å². The van der Waals surface area contributed by atoms with E-state index in [9.17, 15) is 0 Å². The summed E-state index contributed by atoms with van der Waals surface area (Å²) in [7, 11) is 0. The highest BCUT2D eigenvalue weighted by atomic mass is 14.6. The van der Waals surface area contributed by atoms with Crippen LogP contribution in [-0.2, 0) is 6.42 Å². The number of rotatable bonds is 7. The Morgan fingerprint density at radius 3 is 2.25 bits per heavy atom. The van der Waals surface area contributed by atoms with Gasteiger partial charge in [0.2, 0.25) is 0 Å². The summed E-state index contributed by atoms with van der Waals surface area (Å²) in [6.07, 6.45) is 4.94. The minimum atomic E-state index is 0.681. The maximum absolute atomic E-state index is 5.87. The molecular weight excluding hydrogens is 194 g/mol. The molecule has 2 unspecified atom stereocenters. The third kappa shape index (κ3) is 3.97. The van der Waals surface area contributed by atoms with E-state index in [4.69, 9.17) is 5.73 Å². The molecule has 0 aliphatic carbocycles. The summed E-state index contributed by atoms with van der Waals surface area (Å²) in [4.78, 5) is 0. The second-order valence-electron chi connectivity index (χ2n) is 4.64. The second-order valence-corrected chi connectivity index (χ2v) is 4.64. The zero-order chi connectivity index (χ0) is 11.8. The molecule has 1 aromatic rings. The van der Waals surface area contributed by atoms with Crippen LogP contribution in [-0.4, -0.2) is 6.54 Å². The molecule has 2 N–H and O–H groups in total. The molecule has 0 bridgehead atoms. The standard InChI is InChI=1S/C15H25N/c1-3-8-15(14(4-2)12-16)11-13-9-6-5-7-10-13/h5-7,9-10,14-15H,3-4,8,11-12,16H2,1-2H3. The molecule has 0 heterocycles. The van der Waals surface area contributed by atoms with Gasteiger partial charge in [-0.1, -0.05) is 63.4 Å². The van der Waals surface area contributed by atoms with E-state index in [2.05, 4.69) is 44.2 Å². The van der Waals surface area contributed by atoms with Crippen molar-refractivity contribution in [1.29, 1.82) is 0 Å². The van der Waals surface area contributed by atoms with Gasteiger partial charge >= 0.3 is 0 Å². The quantitative estimate of drug-likeness (QED) is 0.744. The molecule has 0 aliphatic heterocycles. The third-order valence-electron chi connectivity index (χ3n) is 3.49. The molecule has 1 nitrogen and oxygen atoms in total. The first kappa shape index (κ1) is 13.2. The van der Waals surface area contributed by atoms with Crippen LogP contribution >= 0.6 is 0 Å². The zero-order valence-electron chi connectivity index (χ0n) is 10.7. The van der Waals surface area contributed by atoms with E-state index in [0.717, 1.165) is 12.5 Å². The largest absolute Gasteiger partial charge is 0.330 e. The summed E-state index contributed by atoms with van der Waals surface area (Å²) in [6, 6.07) is 10.8. The summed E-state index contributed by atoms with van der Waals surface area (Å²) in [5.41, 5.74) is 7.32. The van der Waals surface area contributed by atoms with Gasteiger partial charge in [0.05, 0.1) is 0 Å². The molecular formula is C15H25N. The molecule has 16 heavy (non-hydrogen) atoms. The average Bonchev–Trinajstić information content (AvgIpc) is 2.32. The van der Waals surface area contributed by atoms with E-state index in [0.29, 0.717) is 5.92 Å². The van der Waals surface area contributed by atoms with Crippen molar-refractivity contribution in [3.8, 4) is 0 Å². The lowest BCUT2D eigenvalue weighted by atomic mass is 9.82. The third-order valence-corrected chi connectivity index (χ3v) is 3.49. The van der Waals surface area contributed by atoms with Gasteiger partial charge in [0.25, 0.3) is 0 Å². The van der Waals surface area contributed by atoms with E-state index in [1.165, 1.54) is 31.2 Å². The molecule has 1 heteroatoms. The zero-order valence-corrected chi connectivity index (χ0v) is 10.7. The van der Waals surface area contributed by atoms with Crippen molar-refractivity contribution in [2.45, 2.75) is 39.5 Å². The SMILES string of the molecule is CCCC(Cc1ccccc1)C(CC)CN. The first-order chi connectivity index (χ1) is 7.81. The smallest absolute Gasteiger partial charge is 0.00462 e. The maximum atomic E-state index is 5.87. The van der Waals surface area contributed by atoms with Gasteiger partial charge in [0.1, 0.15) is 0 Å². The van der Waals surface area contributed by atoms with Gasteiger partial charge in [-0.15, -0.1) is 0 Å². The van der Waals surface area contributed by atoms with Gasteiger partial charge in [-0.3, -0.25) is 0 Å². The van der Waals surface area contributed by atoms with Crippen LogP contribution in [0.5, 0.6) is 0 Å². The summed E-state index contributed by atoms with van der Waals surface area (Å²) in [5.74, 6) is 1.43. The number of benzene rings is 1. The maximum Gasteiger partial charge on any atom is -0.00462 e. The molecule has 0 spiro atoms. The summed E-state index contributed by atoms with van der Waals surface area (Å²) >= 11 is 0. The average molecular weight is 219 g/mol. The summed E-state index contributed by atoms with van der Waals surface area (Å²) < 4.78 is 0. The highest BCUT2D eigenvalue weighted by Gasteiger charge is 2.18. The molecule has 1 rings (SSSR count). The van der Waals surface area contributed by atoms with Crippen LogP contribution in [0.1, 0.15) is 38.7 Å². The molecule has 1 aromatic carbocycles. The van der Waals surface area contributed by atoms with Crippen molar-refractivity contribution >= 4 is 0 Å². The van der Waals surface area contributed by atoms with Gasteiger partial charge in [0, 0.05) is 0 Å². The Morgan fingerprint density at radius 1 is 1.06 bits per heavy atom. The Hall–Kier alpha value is -0.820. The molecule has 2 atom stereocenters. The first-order valence-electron chi connectivity index (χ1n) is 6.55. The van der Waals surface area contributed by atoms with Crippen LogP contribution < -0.4 is 5.73 Å². The number of hydrogen-bond donors (Lipinski definition) is 1. The first-order valence-corrected chi connectivity index (χ1v) is 6.55. The number of nitrogens with two attached hydrogens (primary N) is 1. The van der Waals surface area contributed by atoms with E-state index >= 15 is 0 Å². The monoisotopic (exact) mass is 219 g/mol. The van der Waals surface area contributed by atoms with E-state index in [1.807, 2.05) is 0 Å². The molecule has 0 saturated carbocycles. The fourth-order valence-corrected chi connectivity index (χ4v) is 2.48. The molecule has 0 saturated heterocycles. The summed E-state index contributed by atoms with van der Waals surface area (Å²) in [6.45, 7) is 5.35. The Kier molecular flexibility index (Phi) is 6.17. The van der Waals surface area contributed by atoms with Crippen molar-refractivity contribution in [3.63, 3.8) is 0 Å². The number of hydrogen-bond acceptors (Lipinski definition) is 1. The summed E-state index contributed by atoms with van der Waals surface area (Å²) in [5, 5.41) is 0. The molecule has 0 aliphatic rings. The fraction of sp³-hybridized carbons (Fsp3) is 0.600. The Bertz CT molecular complexity index is 264. The van der Waals surface area contributed by atoms with Gasteiger partial charge in [-0.2, -0.15) is 0 Å². The van der Waals surface area contributed by atoms with Gasteiger partial charge in [0.15, 0.2) is 0 Å². The molecule has 0 fully saturated rings. The van der Waals surface area contributed by atoms with Crippen LogP contribution in [0.3, 0.4) is 0 Å². The highest BCUT2D eigenvalue weighted by molar-refractivity contribution is 5.15. The van der Waals surface area contributed by atoms with E-state index < -0.39 is 0 Å². The lowest BCUT2D eigenvalue weighted by Crippen LogP contribution is -2.24. The van der Waals surface area contributed by atoms with Crippen LogP contribution in [0.2, 0.25) is 0 Å². The normalized spacial score (nSPS) is 14.7. The van der Waals surface area contributed by atoms with E-state index in [1.54, 1.807) is 0 Å². The minimum Gasteiger partial charge on any atom is -0.330 e. The second kappa shape index (κ2) is 7.45. The fourth-order valence-electron chi connectivity index (χ4n) is 2.48. The predicted molar refractivity (Wildman–Crippen MR) is 71.4 cm³/mol. The lowest BCUT2D eigenvalue weighted by Gasteiger charge is -2.25. The van der Waals surface area contributed by atoms with Gasteiger partial charge < -0.3 is 5.73 Å². The van der Waals surface area contributed by atoms with Gasteiger partial charge in [-0.25, -0.2) is 0 Å². The van der Waals surface area contributed by atoms with Crippen LogP contribution in [0.4, 0.5) is 0 Å². The van der Waals surface area contributed by atoms with Crippen LogP contribution in [0.25, 0.3) is 0 Å². The molecule has 90 valence electrons. The Morgan fingerprint density at radius 2 is 1.75 bits per heavy atom. The van der Waals surface area contributed by atoms with Crippen molar-refractivity contribution in [3.05, 3.63) is 35.9 Å². The van der Waals surface area contributed by atoms with E-state index in [-0.39, 0.29) is 0 Å². The van der Waals surface area contributed by atoms with Crippen molar-refractivity contribution in [1.82, 2.24) is 0 Å². The Balaban J connectivity index is 2.63. The van der Waals surface area contributed by atoms with Crippen molar-refractivity contribution in [2.75, 3.05) is 6.54 Å². The topological polar surface area (TPSA) is 26.0 Å². The van der Waals surface area contributed by atoms with Gasteiger partial charge in [-0.05, 0) is 30.4 Å². The minimum absolute atomic E-state index is 0.681. The van der Waals surface area contributed by atoms with Crippen LogP contribution in [0, 0.1) is 11.8 Å². The molecule has 0 amide bonds. The molecule has 0 aromatic heterocycles. The highest BCUT2D eigenvalue weighted by Crippen LogP contribution is 2.24. The molecule has 0 radical (unpaired) electrons. The predicted octanol–water partition coefficient (Wildman–Crippen LogP) is 3.63. The van der Waals surface area contributed by atoms with Crippen molar-refractivity contribution < 1.29 is 0 Å².